The molecule has 1 aliphatic carbocycles. The maximum absolute atomic E-state index is 12.3. The van der Waals surface area contributed by atoms with Crippen molar-refractivity contribution in [2.24, 2.45) is 13.0 Å². The lowest BCUT2D eigenvalue weighted by atomic mass is 9.95. The molecule has 1 heterocycles. The van der Waals surface area contributed by atoms with Crippen molar-refractivity contribution >= 4 is 27.8 Å². The molecule has 0 radical (unpaired) electrons. The number of carbonyl (C=O) groups excluding carboxylic acids is 1. The predicted octanol–water partition coefficient (Wildman–Crippen LogP) is 2.55. The molecule has 1 saturated carbocycles. The lowest BCUT2D eigenvalue weighted by molar-refractivity contribution is -0.142. The number of hydrogen-bond donors (Lipinski definition) is 2. The van der Waals surface area contributed by atoms with Crippen molar-refractivity contribution in [3.63, 3.8) is 0 Å². The summed E-state index contributed by atoms with van der Waals surface area (Å²) < 4.78 is 2.56. The highest BCUT2D eigenvalue weighted by Gasteiger charge is 2.31. The number of carbonyl (C=O) groups is 2. The van der Waals surface area contributed by atoms with Crippen LogP contribution in [0.15, 0.2) is 16.7 Å². The Bertz CT molecular complexity index is 513. The van der Waals surface area contributed by atoms with Crippen LogP contribution in [0.25, 0.3) is 0 Å². The zero-order valence-electron chi connectivity index (χ0n) is 11.4. The smallest absolute Gasteiger partial charge is 0.308 e. The van der Waals surface area contributed by atoms with Crippen molar-refractivity contribution < 1.29 is 14.7 Å². The highest BCUT2D eigenvalue weighted by molar-refractivity contribution is 9.10. The summed E-state index contributed by atoms with van der Waals surface area (Å²) in [4.78, 5) is 23.6. The molecule has 0 aromatic carbocycles. The van der Waals surface area contributed by atoms with E-state index in [-0.39, 0.29) is 11.9 Å². The summed E-state index contributed by atoms with van der Waals surface area (Å²) in [6.45, 7) is 0. The Balaban J connectivity index is 2.11. The van der Waals surface area contributed by atoms with Crippen LogP contribution in [0.4, 0.5) is 0 Å². The molecule has 0 bridgehead atoms. The molecule has 2 rings (SSSR count). The average Bonchev–Trinajstić information content (AvgIpc) is 2.60. The first-order valence-electron chi connectivity index (χ1n) is 6.84. The first-order valence-corrected chi connectivity index (χ1v) is 7.64. The maximum Gasteiger partial charge on any atom is 0.308 e. The van der Waals surface area contributed by atoms with Crippen molar-refractivity contribution in [1.29, 1.82) is 0 Å². The van der Waals surface area contributed by atoms with Crippen LogP contribution in [0, 0.1) is 5.92 Å². The van der Waals surface area contributed by atoms with Crippen LogP contribution in [0.5, 0.6) is 0 Å². The van der Waals surface area contributed by atoms with Crippen LogP contribution in [-0.2, 0) is 11.8 Å². The van der Waals surface area contributed by atoms with Crippen molar-refractivity contribution in [3.8, 4) is 0 Å². The van der Waals surface area contributed by atoms with E-state index in [1.807, 2.05) is 0 Å². The van der Waals surface area contributed by atoms with Crippen LogP contribution in [0.2, 0.25) is 0 Å². The normalized spacial score (nSPS) is 23.1. The Kier molecular flexibility index (Phi) is 4.86. The van der Waals surface area contributed by atoms with E-state index in [2.05, 4.69) is 21.2 Å². The number of carboxylic acid groups (broad SMARTS) is 1. The zero-order chi connectivity index (χ0) is 14.7. The van der Waals surface area contributed by atoms with Gasteiger partial charge in [-0.05, 0) is 34.8 Å². The molecule has 2 unspecified atom stereocenters. The van der Waals surface area contributed by atoms with Gasteiger partial charge in [-0.3, -0.25) is 9.59 Å². The van der Waals surface area contributed by atoms with E-state index >= 15 is 0 Å². The second-order valence-electron chi connectivity index (χ2n) is 5.32. The fraction of sp³-hybridized carbons (Fsp3) is 0.571. The molecule has 5 nitrogen and oxygen atoms in total. The number of nitrogens with one attached hydrogen (secondary N) is 1. The predicted molar refractivity (Wildman–Crippen MR) is 78.6 cm³/mol. The minimum absolute atomic E-state index is 0.212. The van der Waals surface area contributed by atoms with Gasteiger partial charge in [-0.2, -0.15) is 0 Å². The van der Waals surface area contributed by atoms with Gasteiger partial charge >= 0.3 is 5.97 Å². The summed E-state index contributed by atoms with van der Waals surface area (Å²) >= 11 is 3.33. The number of aromatic nitrogens is 1. The summed E-state index contributed by atoms with van der Waals surface area (Å²) in [5.74, 6) is -1.51. The molecule has 2 N–H and O–H groups in total. The average molecular weight is 343 g/mol. The molecule has 1 aliphatic rings. The first kappa shape index (κ1) is 15.1. The molecule has 0 saturated heterocycles. The van der Waals surface area contributed by atoms with E-state index in [4.69, 9.17) is 0 Å². The van der Waals surface area contributed by atoms with Crippen LogP contribution in [0.1, 0.15) is 42.6 Å². The summed E-state index contributed by atoms with van der Waals surface area (Å²) in [6, 6.07) is 1.46. The molecular formula is C14H19BrN2O3. The van der Waals surface area contributed by atoms with Crippen LogP contribution in [0.3, 0.4) is 0 Å². The van der Waals surface area contributed by atoms with Gasteiger partial charge in [0.2, 0.25) is 0 Å². The molecule has 110 valence electrons. The van der Waals surface area contributed by atoms with Gasteiger partial charge < -0.3 is 15.0 Å². The van der Waals surface area contributed by atoms with Crippen molar-refractivity contribution in [3.05, 3.63) is 22.4 Å². The summed E-state index contributed by atoms with van der Waals surface area (Å²) in [5.41, 5.74) is 0.533. The molecule has 1 amide bonds. The third-order valence-corrected chi connectivity index (χ3v) is 4.29. The highest BCUT2D eigenvalue weighted by Crippen LogP contribution is 2.24. The number of halogens is 1. The Morgan fingerprint density at radius 2 is 2.05 bits per heavy atom. The fourth-order valence-corrected chi connectivity index (χ4v) is 3.29. The molecule has 2 atom stereocenters. The highest BCUT2D eigenvalue weighted by atomic mass is 79.9. The second kappa shape index (κ2) is 6.43. The molecule has 20 heavy (non-hydrogen) atoms. The quantitative estimate of drug-likeness (QED) is 0.829. The van der Waals surface area contributed by atoms with Crippen molar-refractivity contribution in [2.75, 3.05) is 0 Å². The van der Waals surface area contributed by atoms with Gasteiger partial charge in [0.15, 0.2) is 0 Å². The number of aliphatic carboxylic acids is 1. The number of nitrogens with zero attached hydrogens (tertiary/aromatic N) is 1. The molecule has 6 heteroatoms. The van der Waals surface area contributed by atoms with E-state index in [1.54, 1.807) is 23.9 Å². The third kappa shape index (κ3) is 3.42. The monoisotopic (exact) mass is 342 g/mol. The van der Waals surface area contributed by atoms with E-state index in [9.17, 15) is 14.7 Å². The van der Waals surface area contributed by atoms with Gasteiger partial charge in [0.25, 0.3) is 5.91 Å². The Morgan fingerprint density at radius 1 is 1.35 bits per heavy atom. The zero-order valence-corrected chi connectivity index (χ0v) is 13.0. The van der Waals surface area contributed by atoms with Gasteiger partial charge in [0.05, 0.1) is 5.92 Å². The van der Waals surface area contributed by atoms with Crippen LogP contribution >= 0.6 is 15.9 Å². The molecule has 0 spiro atoms. The van der Waals surface area contributed by atoms with Crippen LogP contribution < -0.4 is 5.32 Å². The minimum Gasteiger partial charge on any atom is -0.481 e. The molecule has 1 aromatic rings. The molecule has 1 aromatic heterocycles. The second-order valence-corrected chi connectivity index (χ2v) is 6.23. The van der Waals surface area contributed by atoms with Gasteiger partial charge in [-0.1, -0.05) is 19.3 Å². The van der Waals surface area contributed by atoms with E-state index in [1.165, 1.54) is 0 Å². The van der Waals surface area contributed by atoms with E-state index < -0.39 is 11.9 Å². The fourth-order valence-electron chi connectivity index (χ4n) is 2.77. The van der Waals surface area contributed by atoms with Gasteiger partial charge in [0, 0.05) is 23.8 Å². The molecule has 0 aliphatic heterocycles. The topological polar surface area (TPSA) is 71.3 Å². The molecular weight excluding hydrogens is 324 g/mol. The van der Waals surface area contributed by atoms with Gasteiger partial charge in [0.1, 0.15) is 5.69 Å². The lowest BCUT2D eigenvalue weighted by Gasteiger charge is -2.22. The SMILES string of the molecule is Cn1cc(Br)cc1C(=O)NC1CCCCCC1C(=O)O. The summed E-state index contributed by atoms with van der Waals surface area (Å²) in [7, 11) is 1.79. The standard InChI is InChI=1S/C14H19BrN2O3/c1-17-8-9(15)7-12(17)13(18)16-11-6-4-2-3-5-10(11)14(19)20/h7-8,10-11H,2-6H2,1H3,(H,16,18)(H,19,20). The lowest BCUT2D eigenvalue weighted by Crippen LogP contribution is -2.43. The van der Waals surface area contributed by atoms with Crippen molar-refractivity contribution in [1.82, 2.24) is 9.88 Å². The van der Waals surface area contributed by atoms with E-state index in [0.717, 1.165) is 30.2 Å². The molecule has 1 fully saturated rings. The number of hydrogen-bond acceptors (Lipinski definition) is 2. The summed E-state index contributed by atoms with van der Waals surface area (Å²) in [5, 5.41) is 12.2. The minimum atomic E-state index is -0.815. The third-order valence-electron chi connectivity index (χ3n) is 3.85. The number of rotatable bonds is 3. The maximum atomic E-state index is 12.3. The van der Waals surface area contributed by atoms with Crippen molar-refractivity contribution in [2.45, 2.75) is 38.1 Å². The van der Waals surface area contributed by atoms with Gasteiger partial charge in [-0.25, -0.2) is 0 Å². The Morgan fingerprint density at radius 3 is 2.65 bits per heavy atom. The van der Waals surface area contributed by atoms with Gasteiger partial charge in [-0.15, -0.1) is 0 Å². The van der Waals surface area contributed by atoms with Crippen LogP contribution in [-0.4, -0.2) is 27.6 Å². The number of aryl methyl sites for hydroxylation is 1. The largest absolute Gasteiger partial charge is 0.481 e. The number of carboxylic acids is 1. The first-order chi connectivity index (χ1) is 9.49. The Labute approximate surface area is 126 Å². The Hall–Kier alpha value is -1.30. The number of amides is 1. The van der Waals surface area contributed by atoms with E-state index in [0.29, 0.717) is 12.1 Å². The summed E-state index contributed by atoms with van der Waals surface area (Å²) in [6.07, 6.45) is 6.08.